The zero-order chi connectivity index (χ0) is 20.1. The van der Waals surface area contributed by atoms with Crippen molar-refractivity contribution >= 4 is 5.91 Å². The molecule has 1 fully saturated rings. The minimum absolute atomic E-state index is 0.000979. The summed E-state index contributed by atoms with van der Waals surface area (Å²) in [6.45, 7) is 2.73. The third-order valence-electron chi connectivity index (χ3n) is 5.66. The van der Waals surface area contributed by atoms with Crippen LogP contribution in [0.15, 0.2) is 73.1 Å². The number of imidazole rings is 1. The van der Waals surface area contributed by atoms with E-state index in [1.165, 1.54) is 5.56 Å². The van der Waals surface area contributed by atoms with Gasteiger partial charge in [-0.3, -0.25) is 9.69 Å². The van der Waals surface area contributed by atoms with Gasteiger partial charge in [0.1, 0.15) is 11.9 Å². The molecule has 1 aliphatic rings. The van der Waals surface area contributed by atoms with E-state index < -0.39 is 0 Å². The summed E-state index contributed by atoms with van der Waals surface area (Å²) in [7, 11) is 1.96. The lowest BCUT2D eigenvalue weighted by molar-refractivity contribution is -0.127. The monoisotopic (exact) mass is 388 g/mol. The number of nitrogens with zero attached hydrogens (tertiary/aromatic N) is 3. The maximum Gasteiger partial charge on any atom is 0.225 e. The van der Waals surface area contributed by atoms with Gasteiger partial charge in [-0.25, -0.2) is 4.98 Å². The standard InChI is InChI=1S/C24H28N4O/c1-27-16-14-25-23(27)22(20-11-6-3-7-12-20)26-24(29)21-13-8-15-28(18-21)17-19-9-4-2-5-10-19/h2-7,9-12,14,16,21-22H,8,13,15,17-18H2,1H3,(H,26,29). The Hall–Kier alpha value is -2.92. The van der Waals surface area contributed by atoms with Crippen LogP contribution in [0.2, 0.25) is 0 Å². The van der Waals surface area contributed by atoms with Gasteiger partial charge in [0, 0.05) is 32.5 Å². The highest BCUT2D eigenvalue weighted by Gasteiger charge is 2.29. The molecule has 1 saturated heterocycles. The number of nitrogens with one attached hydrogen (secondary N) is 1. The summed E-state index contributed by atoms with van der Waals surface area (Å²) in [6.07, 6.45) is 5.67. The quantitative estimate of drug-likeness (QED) is 0.703. The van der Waals surface area contributed by atoms with Crippen LogP contribution in [0.25, 0.3) is 0 Å². The third kappa shape index (κ3) is 4.74. The lowest BCUT2D eigenvalue weighted by Gasteiger charge is -2.33. The molecule has 4 rings (SSSR count). The van der Waals surface area contributed by atoms with E-state index >= 15 is 0 Å². The molecule has 1 aromatic heterocycles. The molecule has 0 aliphatic carbocycles. The van der Waals surface area contributed by atoms with Crippen molar-refractivity contribution in [3.63, 3.8) is 0 Å². The number of carbonyl (C=O) groups is 1. The lowest BCUT2D eigenvalue weighted by Crippen LogP contribution is -2.44. The van der Waals surface area contributed by atoms with E-state index in [2.05, 4.69) is 39.5 Å². The molecule has 0 saturated carbocycles. The molecule has 2 aromatic carbocycles. The van der Waals surface area contributed by atoms with E-state index in [-0.39, 0.29) is 17.9 Å². The molecular formula is C24H28N4O. The van der Waals surface area contributed by atoms with E-state index in [1.54, 1.807) is 6.20 Å². The highest BCUT2D eigenvalue weighted by Crippen LogP contribution is 2.24. The molecule has 1 aliphatic heterocycles. The van der Waals surface area contributed by atoms with Crippen molar-refractivity contribution in [3.05, 3.63) is 90.0 Å². The van der Waals surface area contributed by atoms with Crippen LogP contribution >= 0.6 is 0 Å². The van der Waals surface area contributed by atoms with Crippen molar-refractivity contribution in [2.24, 2.45) is 13.0 Å². The Balaban J connectivity index is 1.46. The smallest absolute Gasteiger partial charge is 0.225 e. The van der Waals surface area contributed by atoms with E-state index in [0.717, 1.165) is 43.9 Å². The fourth-order valence-corrected chi connectivity index (χ4v) is 4.11. The van der Waals surface area contributed by atoms with Gasteiger partial charge in [0.25, 0.3) is 0 Å². The van der Waals surface area contributed by atoms with Crippen LogP contribution in [0.4, 0.5) is 0 Å². The van der Waals surface area contributed by atoms with Crippen molar-refractivity contribution < 1.29 is 4.79 Å². The van der Waals surface area contributed by atoms with Crippen molar-refractivity contribution in [2.45, 2.75) is 25.4 Å². The molecule has 0 radical (unpaired) electrons. The van der Waals surface area contributed by atoms with Gasteiger partial charge in [-0.1, -0.05) is 60.7 Å². The van der Waals surface area contributed by atoms with Crippen LogP contribution in [-0.4, -0.2) is 33.4 Å². The number of rotatable bonds is 6. The van der Waals surface area contributed by atoms with Crippen LogP contribution < -0.4 is 5.32 Å². The van der Waals surface area contributed by atoms with Crippen molar-refractivity contribution in [2.75, 3.05) is 13.1 Å². The van der Waals surface area contributed by atoms with Crippen LogP contribution in [0, 0.1) is 5.92 Å². The highest BCUT2D eigenvalue weighted by atomic mass is 16.2. The van der Waals surface area contributed by atoms with E-state index in [9.17, 15) is 4.79 Å². The minimum Gasteiger partial charge on any atom is -0.342 e. The summed E-state index contributed by atoms with van der Waals surface area (Å²) in [6, 6.07) is 20.3. The molecule has 29 heavy (non-hydrogen) atoms. The average molecular weight is 389 g/mol. The van der Waals surface area contributed by atoms with Crippen molar-refractivity contribution in [3.8, 4) is 0 Å². The Morgan fingerprint density at radius 3 is 2.55 bits per heavy atom. The fourth-order valence-electron chi connectivity index (χ4n) is 4.11. The molecule has 0 bridgehead atoms. The predicted molar refractivity (Wildman–Crippen MR) is 114 cm³/mol. The Labute approximate surface area is 172 Å². The van der Waals surface area contributed by atoms with Gasteiger partial charge in [0.2, 0.25) is 5.91 Å². The highest BCUT2D eigenvalue weighted by molar-refractivity contribution is 5.79. The average Bonchev–Trinajstić information content (AvgIpc) is 3.19. The number of hydrogen-bond acceptors (Lipinski definition) is 3. The first-order chi connectivity index (χ1) is 14.2. The van der Waals surface area contributed by atoms with Gasteiger partial charge < -0.3 is 9.88 Å². The Morgan fingerprint density at radius 2 is 1.86 bits per heavy atom. The Morgan fingerprint density at radius 1 is 1.14 bits per heavy atom. The summed E-state index contributed by atoms with van der Waals surface area (Å²) in [5.41, 5.74) is 2.34. The van der Waals surface area contributed by atoms with Gasteiger partial charge in [-0.05, 0) is 30.5 Å². The number of aromatic nitrogens is 2. The van der Waals surface area contributed by atoms with Crippen molar-refractivity contribution in [1.29, 1.82) is 0 Å². The third-order valence-corrected chi connectivity index (χ3v) is 5.66. The number of likely N-dealkylation sites (tertiary alicyclic amines) is 1. The first kappa shape index (κ1) is 19.4. The normalized spacial score (nSPS) is 18.3. The second-order valence-electron chi connectivity index (χ2n) is 7.81. The zero-order valence-electron chi connectivity index (χ0n) is 16.9. The molecule has 2 atom stereocenters. The van der Waals surface area contributed by atoms with Crippen LogP contribution in [0.5, 0.6) is 0 Å². The van der Waals surface area contributed by atoms with Gasteiger partial charge >= 0.3 is 0 Å². The Bertz CT molecular complexity index is 922. The van der Waals surface area contributed by atoms with Crippen LogP contribution in [-0.2, 0) is 18.4 Å². The summed E-state index contributed by atoms with van der Waals surface area (Å²) in [4.78, 5) is 20.1. The molecule has 2 heterocycles. The lowest BCUT2D eigenvalue weighted by atomic mass is 9.95. The second-order valence-corrected chi connectivity index (χ2v) is 7.81. The first-order valence-electron chi connectivity index (χ1n) is 10.3. The van der Waals surface area contributed by atoms with E-state index in [4.69, 9.17) is 0 Å². The molecule has 5 heteroatoms. The number of aryl methyl sites for hydroxylation is 1. The summed E-state index contributed by atoms with van der Waals surface area (Å²) >= 11 is 0. The van der Waals surface area contributed by atoms with Gasteiger partial charge in [-0.2, -0.15) is 0 Å². The van der Waals surface area contributed by atoms with Crippen molar-refractivity contribution in [1.82, 2.24) is 19.8 Å². The van der Waals surface area contributed by atoms with E-state index in [0.29, 0.717) is 0 Å². The van der Waals surface area contributed by atoms with Gasteiger partial charge in [-0.15, -0.1) is 0 Å². The molecule has 1 amide bonds. The van der Waals surface area contributed by atoms with Crippen LogP contribution in [0.1, 0.15) is 35.8 Å². The van der Waals surface area contributed by atoms with Gasteiger partial charge in [0.05, 0.1) is 5.92 Å². The second kappa shape index (κ2) is 9.05. The predicted octanol–water partition coefficient (Wildman–Crippen LogP) is 3.54. The molecular weight excluding hydrogens is 360 g/mol. The molecule has 150 valence electrons. The molecule has 3 aromatic rings. The topological polar surface area (TPSA) is 50.2 Å². The maximum absolute atomic E-state index is 13.2. The summed E-state index contributed by atoms with van der Waals surface area (Å²) < 4.78 is 1.97. The fraction of sp³-hybridized carbons (Fsp3) is 0.333. The number of benzene rings is 2. The number of piperidine rings is 1. The van der Waals surface area contributed by atoms with Crippen LogP contribution in [0.3, 0.4) is 0 Å². The summed E-state index contributed by atoms with van der Waals surface area (Å²) in [5.74, 6) is 0.958. The molecule has 2 unspecified atom stereocenters. The zero-order valence-corrected chi connectivity index (χ0v) is 16.9. The summed E-state index contributed by atoms with van der Waals surface area (Å²) in [5, 5.41) is 3.28. The SMILES string of the molecule is Cn1ccnc1C(NC(=O)C1CCCN(Cc2ccccc2)C1)c1ccccc1. The first-order valence-corrected chi connectivity index (χ1v) is 10.3. The number of carbonyl (C=O) groups excluding carboxylic acids is 1. The minimum atomic E-state index is -0.242. The molecule has 1 N–H and O–H groups in total. The maximum atomic E-state index is 13.2. The molecule has 0 spiro atoms. The molecule has 5 nitrogen and oxygen atoms in total. The van der Waals surface area contributed by atoms with Gasteiger partial charge in [0.15, 0.2) is 0 Å². The largest absolute Gasteiger partial charge is 0.342 e. The Kier molecular flexibility index (Phi) is 6.06. The number of hydrogen-bond donors (Lipinski definition) is 1. The van der Waals surface area contributed by atoms with E-state index in [1.807, 2.05) is 54.2 Å². The number of amides is 1.